The van der Waals surface area contributed by atoms with Crippen molar-refractivity contribution in [2.24, 2.45) is 0 Å². The van der Waals surface area contributed by atoms with Crippen LogP contribution in [-0.4, -0.2) is 4.57 Å². The van der Waals surface area contributed by atoms with E-state index in [1.165, 1.54) is 54.5 Å². The van der Waals surface area contributed by atoms with Crippen molar-refractivity contribution >= 4 is 82.4 Å². The Kier molecular flexibility index (Phi) is 8.53. The number of benzene rings is 11. The number of aromatic nitrogens is 1. The molecule has 0 saturated carbocycles. The molecule has 0 saturated heterocycles. The summed E-state index contributed by atoms with van der Waals surface area (Å²) in [5.41, 5.74) is 15.6. The summed E-state index contributed by atoms with van der Waals surface area (Å²) in [4.78, 5) is 2.41. The van der Waals surface area contributed by atoms with Gasteiger partial charge in [-0.3, -0.25) is 0 Å². The molecule has 11 aromatic carbocycles. The van der Waals surface area contributed by atoms with Crippen LogP contribution in [0.2, 0.25) is 0 Å². The van der Waals surface area contributed by atoms with Gasteiger partial charge in [0, 0.05) is 44.2 Å². The summed E-state index contributed by atoms with van der Waals surface area (Å²) in [6, 6.07) is 87.7. The lowest BCUT2D eigenvalue weighted by Crippen LogP contribution is -2.11. The van der Waals surface area contributed by atoms with Crippen molar-refractivity contribution in [3.63, 3.8) is 0 Å². The zero-order valence-electron chi connectivity index (χ0n) is 35.4. The number of anilines is 3. The molecular formula is C62H40N2O. The van der Waals surface area contributed by atoms with Gasteiger partial charge in [0.25, 0.3) is 0 Å². The zero-order valence-corrected chi connectivity index (χ0v) is 35.4. The van der Waals surface area contributed by atoms with Gasteiger partial charge >= 0.3 is 0 Å². The molecule has 304 valence electrons. The second kappa shape index (κ2) is 15.0. The molecule has 65 heavy (non-hydrogen) atoms. The SMILES string of the molecule is c1ccc(N(c2ccc(-c3ccc(-n4c5ccccc5c5ccccc54)cc3)cc2)c2ccc(-c3cccc4oc5ccccc5c34)cc2)c(-c2cc3ccccc3c3ccccc23)c1. The molecule has 0 bridgehead atoms. The van der Waals surface area contributed by atoms with E-state index >= 15 is 0 Å². The van der Waals surface area contributed by atoms with Crippen LogP contribution in [0.1, 0.15) is 0 Å². The molecule has 2 aromatic heterocycles. The highest BCUT2D eigenvalue weighted by Crippen LogP contribution is 2.46. The average Bonchev–Trinajstić information content (AvgIpc) is 3.93. The van der Waals surface area contributed by atoms with Crippen LogP contribution in [-0.2, 0) is 0 Å². The Bertz CT molecular complexity index is 3880. The Hall–Kier alpha value is -8.66. The first-order valence-electron chi connectivity index (χ1n) is 22.2. The topological polar surface area (TPSA) is 21.3 Å². The van der Waals surface area contributed by atoms with Gasteiger partial charge in [-0.05, 0) is 122 Å². The first kappa shape index (κ1) is 36.9. The smallest absolute Gasteiger partial charge is 0.136 e. The maximum Gasteiger partial charge on any atom is 0.136 e. The third kappa shape index (κ3) is 6.05. The van der Waals surface area contributed by atoms with E-state index in [2.05, 4.69) is 240 Å². The lowest BCUT2D eigenvalue weighted by atomic mass is 9.92. The summed E-state index contributed by atoms with van der Waals surface area (Å²) < 4.78 is 8.66. The largest absolute Gasteiger partial charge is 0.456 e. The van der Waals surface area contributed by atoms with E-state index in [0.717, 1.165) is 66.9 Å². The van der Waals surface area contributed by atoms with Crippen LogP contribution in [0.4, 0.5) is 17.1 Å². The van der Waals surface area contributed by atoms with Gasteiger partial charge in [0.05, 0.1) is 16.7 Å². The van der Waals surface area contributed by atoms with Gasteiger partial charge in [-0.25, -0.2) is 0 Å². The molecule has 2 heterocycles. The summed E-state index contributed by atoms with van der Waals surface area (Å²) in [5.74, 6) is 0. The Labute approximate surface area is 376 Å². The van der Waals surface area contributed by atoms with Crippen LogP contribution >= 0.6 is 0 Å². The molecule has 0 atom stereocenters. The molecular weight excluding hydrogens is 789 g/mol. The number of fused-ring (bicyclic) bond motifs is 9. The van der Waals surface area contributed by atoms with Crippen LogP contribution in [0.5, 0.6) is 0 Å². The van der Waals surface area contributed by atoms with E-state index in [1.807, 2.05) is 12.1 Å². The van der Waals surface area contributed by atoms with Gasteiger partial charge in [-0.2, -0.15) is 0 Å². The standard InChI is InChI=1S/C62H40N2O/c1-2-15-48-44(14-1)40-56(51-17-4-3-16-50(48)51)54-20-7-9-23-57(54)63(46-38-32-43(33-39-46)49-22-13-27-61-62(49)55-21-8-12-26-60(55)65-61)45-34-28-41(29-35-45)42-30-36-47(37-31-42)64-58-24-10-5-18-52(58)53-19-6-11-25-59(53)64/h1-40H. The van der Waals surface area contributed by atoms with Gasteiger partial charge in [-0.1, -0.05) is 170 Å². The van der Waals surface area contributed by atoms with E-state index in [4.69, 9.17) is 4.42 Å². The fourth-order valence-electron chi connectivity index (χ4n) is 10.2. The first-order chi connectivity index (χ1) is 32.2. The normalized spacial score (nSPS) is 11.7. The van der Waals surface area contributed by atoms with E-state index in [1.54, 1.807) is 0 Å². The fraction of sp³-hybridized carbons (Fsp3) is 0. The van der Waals surface area contributed by atoms with E-state index in [0.29, 0.717) is 0 Å². The molecule has 0 fully saturated rings. The van der Waals surface area contributed by atoms with Crippen molar-refractivity contribution in [2.45, 2.75) is 0 Å². The van der Waals surface area contributed by atoms with Gasteiger partial charge in [0.15, 0.2) is 0 Å². The van der Waals surface area contributed by atoms with E-state index in [9.17, 15) is 0 Å². The monoisotopic (exact) mass is 828 g/mol. The van der Waals surface area contributed by atoms with Crippen molar-refractivity contribution in [3.05, 3.63) is 243 Å². The van der Waals surface area contributed by atoms with Crippen LogP contribution in [0.25, 0.3) is 104 Å². The highest BCUT2D eigenvalue weighted by atomic mass is 16.3. The minimum atomic E-state index is 0.896. The number of furan rings is 1. The van der Waals surface area contributed by atoms with Crippen molar-refractivity contribution in [2.75, 3.05) is 4.90 Å². The van der Waals surface area contributed by atoms with Crippen LogP contribution in [0, 0.1) is 0 Å². The number of nitrogens with zero attached hydrogens (tertiary/aromatic N) is 2. The third-order valence-corrected chi connectivity index (χ3v) is 13.2. The number of para-hydroxylation sites is 4. The summed E-state index contributed by atoms with van der Waals surface area (Å²) in [6.07, 6.45) is 0. The maximum absolute atomic E-state index is 6.29. The Balaban J connectivity index is 0.933. The molecule has 0 radical (unpaired) electrons. The quantitative estimate of drug-likeness (QED) is 0.149. The lowest BCUT2D eigenvalue weighted by Gasteiger charge is -2.28. The molecule has 13 rings (SSSR count). The minimum Gasteiger partial charge on any atom is -0.456 e. The van der Waals surface area contributed by atoms with Crippen LogP contribution in [0.15, 0.2) is 247 Å². The minimum absolute atomic E-state index is 0.896. The highest BCUT2D eigenvalue weighted by molar-refractivity contribution is 6.16. The average molecular weight is 829 g/mol. The Morgan fingerprint density at radius 1 is 0.323 bits per heavy atom. The predicted molar refractivity (Wildman–Crippen MR) is 274 cm³/mol. The molecule has 0 amide bonds. The molecule has 0 spiro atoms. The number of rotatable bonds is 7. The van der Waals surface area contributed by atoms with Crippen molar-refractivity contribution in [1.82, 2.24) is 4.57 Å². The zero-order chi connectivity index (χ0) is 42.8. The molecule has 0 N–H and O–H groups in total. The molecule has 0 unspecified atom stereocenters. The highest BCUT2D eigenvalue weighted by Gasteiger charge is 2.21. The molecule has 13 aromatic rings. The predicted octanol–water partition coefficient (Wildman–Crippen LogP) is 17.5. The first-order valence-corrected chi connectivity index (χ1v) is 22.2. The van der Waals surface area contributed by atoms with Gasteiger partial charge in [-0.15, -0.1) is 0 Å². The van der Waals surface area contributed by atoms with Crippen molar-refractivity contribution in [1.29, 1.82) is 0 Å². The van der Waals surface area contributed by atoms with Gasteiger partial charge in [0.1, 0.15) is 11.2 Å². The number of hydrogen-bond acceptors (Lipinski definition) is 2. The molecule has 0 aliphatic rings. The van der Waals surface area contributed by atoms with E-state index < -0.39 is 0 Å². The van der Waals surface area contributed by atoms with Crippen LogP contribution in [0.3, 0.4) is 0 Å². The number of hydrogen-bond donors (Lipinski definition) is 0. The van der Waals surface area contributed by atoms with Gasteiger partial charge in [0.2, 0.25) is 0 Å². The molecule has 3 heteroatoms. The van der Waals surface area contributed by atoms with Crippen molar-refractivity contribution < 1.29 is 4.42 Å². The van der Waals surface area contributed by atoms with Crippen LogP contribution < -0.4 is 4.90 Å². The summed E-state index contributed by atoms with van der Waals surface area (Å²) in [7, 11) is 0. The van der Waals surface area contributed by atoms with Gasteiger partial charge < -0.3 is 13.9 Å². The second-order valence-corrected chi connectivity index (χ2v) is 16.8. The third-order valence-electron chi connectivity index (χ3n) is 13.2. The fourth-order valence-corrected chi connectivity index (χ4v) is 10.2. The summed E-state index contributed by atoms with van der Waals surface area (Å²) in [6.45, 7) is 0. The summed E-state index contributed by atoms with van der Waals surface area (Å²) >= 11 is 0. The molecule has 0 aliphatic heterocycles. The lowest BCUT2D eigenvalue weighted by molar-refractivity contribution is 0.669. The Morgan fingerprint density at radius 2 is 0.831 bits per heavy atom. The second-order valence-electron chi connectivity index (χ2n) is 16.8. The Morgan fingerprint density at radius 3 is 1.54 bits per heavy atom. The van der Waals surface area contributed by atoms with Crippen molar-refractivity contribution in [3.8, 4) is 39.1 Å². The molecule has 3 nitrogen and oxygen atoms in total. The van der Waals surface area contributed by atoms with E-state index in [-0.39, 0.29) is 0 Å². The summed E-state index contributed by atoms with van der Waals surface area (Å²) in [5, 5.41) is 9.76. The maximum atomic E-state index is 6.29. The molecule has 0 aliphatic carbocycles.